The number of aromatic nitrogens is 5. The van der Waals surface area contributed by atoms with E-state index in [4.69, 9.17) is 10.3 Å². The first kappa shape index (κ1) is 14.0. The summed E-state index contributed by atoms with van der Waals surface area (Å²) in [5, 5.41) is 12.9. The van der Waals surface area contributed by atoms with Crippen molar-refractivity contribution in [2.75, 3.05) is 0 Å². The molecule has 0 fully saturated rings. The van der Waals surface area contributed by atoms with Crippen molar-refractivity contribution in [2.45, 2.75) is 50.7 Å². The van der Waals surface area contributed by atoms with Gasteiger partial charge in [0.25, 0.3) is 0 Å². The zero-order valence-electron chi connectivity index (χ0n) is 11.2. The van der Waals surface area contributed by atoms with Crippen molar-refractivity contribution in [3.05, 3.63) is 17.5 Å². The molecule has 2 N–H and O–H groups in total. The highest BCUT2D eigenvalue weighted by Crippen LogP contribution is 2.21. The van der Waals surface area contributed by atoms with Crippen LogP contribution in [0.4, 0.5) is 0 Å². The highest BCUT2D eigenvalue weighted by molar-refractivity contribution is 7.98. The topological polar surface area (TPSA) is 95.6 Å². The van der Waals surface area contributed by atoms with Crippen LogP contribution in [0.5, 0.6) is 0 Å². The van der Waals surface area contributed by atoms with E-state index in [1.54, 1.807) is 0 Å². The number of rotatable bonds is 7. The zero-order chi connectivity index (χ0) is 13.7. The summed E-state index contributed by atoms with van der Waals surface area (Å²) in [7, 11) is 0. The number of nitrogens with two attached hydrogens (primary N) is 1. The first-order chi connectivity index (χ1) is 9.28. The molecule has 0 saturated carbocycles. The van der Waals surface area contributed by atoms with Crippen LogP contribution in [-0.4, -0.2) is 24.9 Å². The Morgan fingerprint density at radius 2 is 2.16 bits per heavy atom. The maximum absolute atomic E-state index is 5.61. The summed E-state index contributed by atoms with van der Waals surface area (Å²) < 4.78 is 7.18. The SMILES string of the molecule is CCCc1noc(CSc2nnc(CN)n2CC)n1. The Bertz CT molecular complexity index is 523. The molecule has 0 aliphatic carbocycles. The van der Waals surface area contributed by atoms with Gasteiger partial charge < -0.3 is 14.8 Å². The van der Waals surface area contributed by atoms with Gasteiger partial charge in [-0.15, -0.1) is 10.2 Å². The van der Waals surface area contributed by atoms with Crippen LogP contribution in [0.2, 0.25) is 0 Å². The van der Waals surface area contributed by atoms with Gasteiger partial charge in [-0.3, -0.25) is 0 Å². The third-order valence-corrected chi connectivity index (χ3v) is 3.55. The molecule has 19 heavy (non-hydrogen) atoms. The molecular formula is C11H18N6OS. The minimum absolute atomic E-state index is 0.391. The lowest BCUT2D eigenvalue weighted by molar-refractivity contribution is 0.384. The Morgan fingerprint density at radius 1 is 1.32 bits per heavy atom. The molecule has 0 unspecified atom stereocenters. The normalized spacial score (nSPS) is 11.1. The summed E-state index contributed by atoms with van der Waals surface area (Å²) in [6, 6.07) is 0. The van der Waals surface area contributed by atoms with E-state index in [0.717, 1.165) is 36.2 Å². The Hall–Kier alpha value is -1.41. The third-order valence-electron chi connectivity index (χ3n) is 2.60. The van der Waals surface area contributed by atoms with E-state index in [-0.39, 0.29) is 0 Å². The molecular weight excluding hydrogens is 264 g/mol. The fraction of sp³-hybridized carbons (Fsp3) is 0.636. The molecule has 0 bridgehead atoms. The van der Waals surface area contributed by atoms with Crippen molar-refractivity contribution in [3.8, 4) is 0 Å². The van der Waals surface area contributed by atoms with Gasteiger partial charge in [-0.2, -0.15) is 4.98 Å². The number of nitrogens with zero attached hydrogens (tertiary/aromatic N) is 5. The molecule has 0 aliphatic rings. The average Bonchev–Trinajstić information content (AvgIpc) is 3.02. The number of hydrogen-bond acceptors (Lipinski definition) is 7. The predicted octanol–water partition coefficient (Wildman–Crippen LogP) is 1.38. The number of aryl methyl sites for hydroxylation is 1. The maximum atomic E-state index is 5.61. The van der Waals surface area contributed by atoms with Crippen molar-refractivity contribution >= 4 is 11.8 Å². The standard InChI is InChI=1S/C11H18N6OS/c1-3-5-8-13-10(18-16-8)7-19-11-15-14-9(6-12)17(11)4-2/h3-7,12H2,1-2H3. The van der Waals surface area contributed by atoms with Crippen molar-refractivity contribution in [1.82, 2.24) is 24.9 Å². The van der Waals surface area contributed by atoms with Gasteiger partial charge in [0, 0.05) is 13.0 Å². The van der Waals surface area contributed by atoms with Crippen LogP contribution in [0.3, 0.4) is 0 Å². The van der Waals surface area contributed by atoms with Crippen molar-refractivity contribution in [3.63, 3.8) is 0 Å². The van der Waals surface area contributed by atoms with E-state index >= 15 is 0 Å². The minimum atomic E-state index is 0.391. The summed E-state index contributed by atoms with van der Waals surface area (Å²) in [5.74, 6) is 2.77. The van der Waals surface area contributed by atoms with E-state index in [9.17, 15) is 0 Å². The van der Waals surface area contributed by atoms with Crippen LogP contribution in [0.15, 0.2) is 9.68 Å². The lowest BCUT2D eigenvalue weighted by Crippen LogP contribution is -2.08. The highest BCUT2D eigenvalue weighted by Gasteiger charge is 2.12. The van der Waals surface area contributed by atoms with Gasteiger partial charge in [-0.1, -0.05) is 23.8 Å². The molecule has 0 amide bonds. The highest BCUT2D eigenvalue weighted by atomic mass is 32.2. The molecule has 0 saturated heterocycles. The fourth-order valence-corrected chi connectivity index (χ4v) is 2.55. The molecule has 2 heterocycles. The van der Waals surface area contributed by atoms with Gasteiger partial charge in [-0.05, 0) is 13.3 Å². The van der Waals surface area contributed by atoms with E-state index in [2.05, 4.69) is 27.3 Å². The summed E-state index contributed by atoms with van der Waals surface area (Å²) >= 11 is 1.53. The quantitative estimate of drug-likeness (QED) is 0.766. The van der Waals surface area contributed by atoms with E-state index in [0.29, 0.717) is 18.2 Å². The number of hydrogen-bond donors (Lipinski definition) is 1. The van der Waals surface area contributed by atoms with Gasteiger partial charge in [0.15, 0.2) is 11.0 Å². The largest absolute Gasteiger partial charge is 0.338 e. The molecule has 0 radical (unpaired) electrons. The van der Waals surface area contributed by atoms with E-state index < -0.39 is 0 Å². The maximum Gasteiger partial charge on any atom is 0.237 e. The van der Waals surface area contributed by atoms with Crippen molar-refractivity contribution < 1.29 is 4.52 Å². The average molecular weight is 282 g/mol. The smallest absolute Gasteiger partial charge is 0.237 e. The fourth-order valence-electron chi connectivity index (χ4n) is 1.69. The van der Waals surface area contributed by atoms with Crippen molar-refractivity contribution in [2.24, 2.45) is 5.73 Å². The second-order valence-corrected chi connectivity index (χ2v) is 4.93. The molecule has 0 aliphatic heterocycles. The van der Waals surface area contributed by atoms with Crippen LogP contribution < -0.4 is 5.73 Å². The van der Waals surface area contributed by atoms with Crippen molar-refractivity contribution in [1.29, 1.82) is 0 Å². The minimum Gasteiger partial charge on any atom is -0.338 e. The molecule has 2 rings (SSSR count). The van der Waals surface area contributed by atoms with Crippen LogP contribution in [0, 0.1) is 0 Å². The van der Waals surface area contributed by atoms with E-state index in [1.807, 2.05) is 11.5 Å². The van der Waals surface area contributed by atoms with Gasteiger partial charge >= 0.3 is 0 Å². The van der Waals surface area contributed by atoms with Gasteiger partial charge in [0.1, 0.15) is 5.82 Å². The molecule has 104 valence electrons. The predicted molar refractivity (Wildman–Crippen MR) is 71.4 cm³/mol. The second-order valence-electron chi connectivity index (χ2n) is 3.99. The Morgan fingerprint density at radius 3 is 2.84 bits per heavy atom. The Kier molecular flexibility index (Phi) is 4.92. The molecule has 0 spiro atoms. The summed E-state index contributed by atoms with van der Waals surface area (Å²) in [4.78, 5) is 4.32. The summed E-state index contributed by atoms with van der Waals surface area (Å²) in [6.07, 6.45) is 1.85. The molecule has 8 heteroatoms. The summed E-state index contributed by atoms with van der Waals surface area (Å²) in [5.41, 5.74) is 5.61. The molecule has 0 aromatic carbocycles. The zero-order valence-corrected chi connectivity index (χ0v) is 12.0. The van der Waals surface area contributed by atoms with E-state index in [1.165, 1.54) is 11.8 Å². The first-order valence-electron chi connectivity index (χ1n) is 6.34. The van der Waals surface area contributed by atoms with Gasteiger partial charge in [0.2, 0.25) is 5.89 Å². The molecule has 2 aromatic rings. The lowest BCUT2D eigenvalue weighted by Gasteiger charge is -2.04. The first-order valence-corrected chi connectivity index (χ1v) is 7.33. The summed E-state index contributed by atoms with van der Waals surface area (Å²) in [6.45, 7) is 5.32. The van der Waals surface area contributed by atoms with Crippen LogP contribution in [-0.2, 0) is 25.3 Å². The van der Waals surface area contributed by atoms with Crippen LogP contribution in [0.25, 0.3) is 0 Å². The third kappa shape index (κ3) is 3.32. The monoisotopic (exact) mass is 282 g/mol. The number of thioether (sulfide) groups is 1. The van der Waals surface area contributed by atoms with Crippen LogP contribution >= 0.6 is 11.8 Å². The lowest BCUT2D eigenvalue weighted by atomic mass is 10.3. The van der Waals surface area contributed by atoms with Gasteiger partial charge in [-0.25, -0.2) is 0 Å². The second kappa shape index (κ2) is 6.67. The molecule has 2 aromatic heterocycles. The Balaban J connectivity index is 1.99. The molecule has 7 nitrogen and oxygen atoms in total. The molecule has 0 atom stereocenters. The van der Waals surface area contributed by atoms with Crippen LogP contribution in [0.1, 0.15) is 37.8 Å². The van der Waals surface area contributed by atoms with Gasteiger partial charge in [0.05, 0.1) is 12.3 Å². The Labute approximate surface area is 116 Å².